The molecule has 2 N–H and O–H groups in total. The van der Waals surface area contributed by atoms with Gasteiger partial charge in [-0.2, -0.15) is 0 Å². The lowest BCUT2D eigenvalue weighted by molar-refractivity contribution is -0.914. The molecule has 2 aromatic rings. The maximum atomic E-state index is 5.91. The Morgan fingerprint density at radius 2 is 2.16 bits per heavy atom. The van der Waals surface area contributed by atoms with Gasteiger partial charge < -0.3 is 14.4 Å². The number of methoxy groups -OCH3 is 1. The predicted octanol–water partition coefficient (Wildman–Crippen LogP) is 1.51. The van der Waals surface area contributed by atoms with Gasteiger partial charge in [-0.3, -0.25) is 5.10 Å². The van der Waals surface area contributed by atoms with Gasteiger partial charge in [-0.05, 0) is 24.3 Å². The highest BCUT2D eigenvalue weighted by atomic mass is 32.2. The first-order chi connectivity index (χ1) is 12.1. The molecule has 1 saturated heterocycles. The molecule has 1 aromatic carbocycles. The van der Waals surface area contributed by atoms with Crippen LogP contribution in [0.3, 0.4) is 0 Å². The van der Waals surface area contributed by atoms with Gasteiger partial charge in [-0.25, -0.2) is 4.98 Å². The standard InChI is InChI=1S/C18H26N4O2S/c1-13(2)10-22-8-9-24-16(11-22)12-25-18-19-17(20-21-18)14-4-6-15(23-3)7-5-14/h4-7,13,16H,8-12H2,1-3H3,(H,19,20,21)/p+1/t16-/m1/s1. The lowest BCUT2D eigenvalue weighted by Gasteiger charge is -2.30. The summed E-state index contributed by atoms with van der Waals surface area (Å²) in [6.45, 7) is 8.80. The highest BCUT2D eigenvalue weighted by Gasteiger charge is 2.24. The minimum atomic E-state index is 0.274. The number of ether oxygens (including phenoxy) is 2. The van der Waals surface area contributed by atoms with Crippen molar-refractivity contribution in [2.75, 3.05) is 39.1 Å². The van der Waals surface area contributed by atoms with Crippen molar-refractivity contribution in [3.05, 3.63) is 24.3 Å². The molecule has 2 atom stereocenters. The average Bonchev–Trinajstić information content (AvgIpc) is 3.09. The molecule has 2 heterocycles. The Hall–Kier alpha value is -1.57. The van der Waals surface area contributed by atoms with E-state index in [0.29, 0.717) is 0 Å². The van der Waals surface area contributed by atoms with Crippen LogP contribution in [0.4, 0.5) is 0 Å². The molecule has 7 heteroatoms. The molecule has 0 radical (unpaired) electrons. The van der Waals surface area contributed by atoms with Gasteiger partial charge in [-0.15, -0.1) is 5.10 Å². The number of benzene rings is 1. The number of nitrogens with one attached hydrogen (secondary N) is 2. The third-order valence-corrected chi connectivity index (χ3v) is 5.23. The Labute approximate surface area is 153 Å². The largest absolute Gasteiger partial charge is 0.497 e. The highest BCUT2D eigenvalue weighted by molar-refractivity contribution is 7.99. The first-order valence-electron chi connectivity index (χ1n) is 8.79. The van der Waals surface area contributed by atoms with Crippen LogP contribution in [0.25, 0.3) is 11.4 Å². The molecular formula is C18H27N4O2S+. The van der Waals surface area contributed by atoms with E-state index < -0.39 is 0 Å². The van der Waals surface area contributed by atoms with Gasteiger partial charge in [0.2, 0.25) is 5.16 Å². The maximum absolute atomic E-state index is 5.91. The van der Waals surface area contributed by atoms with Crippen molar-refractivity contribution in [1.29, 1.82) is 0 Å². The van der Waals surface area contributed by atoms with E-state index in [-0.39, 0.29) is 6.10 Å². The Bertz CT molecular complexity index is 659. The van der Waals surface area contributed by atoms with Gasteiger partial charge in [0.25, 0.3) is 0 Å². The van der Waals surface area contributed by atoms with E-state index in [1.165, 1.54) is 6.54 Å². The van der Waals surface area contributed by atoms with Crippen LogP contribution in [0, 0.1) is 5.92 Å². The Balaban J connectivity index is 1.53. The average molecular weight is 364 g/mol. The summed E-state index contributed by atoms with van der Waals surface area (Å²) < 4.78 is 11.1. The van der Waals surface area contributed by atoms with E-state index in [4.69, 9.17) is 9.47 Å². The van der Waals surface area contributed by atoms with Gasteiger partial charge >= 0.3 is 0 Å². The topological polar surface area (TPSA) is 64.5 Å². The van der Waals surface area contributed by atoms with Crippen molar-refractivity contribution in [3.8, 4) is 17.1 Å². The summed E-state index contributed by atoms with van der Waals surface area (Å²) in [5.41, 5.74) is 1.00. The summed E-state index contributed by atoms with van der Waals surface area (Å²) in [6, 6.07) is 7.80. The zero-order chi connectivity index (χ0) is 17.6. The molecular weight excluding hydrogens is 336 g/mol. The van der Waals surface area contributed by atoms with Gasteiger partial charge in [0.05, 0.1) is 20.3 Å². The molecule has 0 bridgehead atoms. The molecule has 1 aliphatic rings. The number of nitrogens with zero attached hydrogens (tertiary/aromatic N) is 2. The maximum Gasteiger partial charge on any atom is 0.208 e. The third-order valence-electron chi connectivity index (χ3n) is 4.25. The fourth-order valence-electron chi connectivity index (χ4n) is 3.08. The smallest absolute Gasteiger partial charge is 0.208 e. The zero-order valence-corrected chi connectivity index (χ0v) is 15.9. The normalized spacial score (nSPS) is 20.8. The fourth-order valence-corrected chi connectivity index (χ4v) is 3.89. The number of rotatable bonds is 7. The molecule has 136 valence electrons. The minimum Gasteiger partial charge on any atom is -0.497 e. The summed E-state index contributed by atoms with van der Waals surface area (Å²) in [7, 11) is 1.66. The fraction of sp³-hybridized carbons (Fsp3) is 0.556. The van der Waals surface area contributed by atoms with Gasteiger partial charge in [-0.1, -0.05) is 25.6 Å². The predicted molar refractivity (Wildman–Crippen MR) is 99.2 cm³/mol. The van der Waals surface area contributed by atoms with Crippen LogP contribution < -0.4 is 9.64 Å². The number of aromatic nitrogens is 3. The summed E-state index contributed by atoms with van der Waals surface area (Å²) in [5, 5.41) is 8.10. The van der Waals surface area contributed by atoms with E-state index in [0.717, 1.165) is 53.7 Å². The number of H-pyrrole nitrogens is 1. The molecule has 1 unspecified atom stereocenters. The highest BCUT2D eigenvalue weighted by Crippen LogP contribution is 2.22. The molecule has 25 heavy (non-hydrogen) atoms. The first kappa shape index (κ1) is 18.2. The third kappa shape index (κ3) is 5.20. The van der Waals surface area contributed by atoms with Crippen LogP contribution in [0.15, 0.2) is 29.4 Å². The lowest BCUT2D eigenvalue weighted by atomic mass is 10.2. The van der Waals surface area contributed by atoms with Crippen molar-refractivity contribution < 1.29 is 14.4 Å². The Morgan fingerprint density at radius 1 is 1.36 bits per heavy atom. The van der Waals surface area contributed by atoms with Crippen LogP contribution >= 0.6 is 11.8 Å². The van der Waals surface area contributed by atoms with Crippen molar-refractivity contribution >= 4 is 11.8 Å². The van der Waals surface area contributed by atoms with E-state index in [2.05, 4.69) is 29.0 Å². The molecule has 1 fully saturated rings. The molecule has 0 aliphatic carbocycles. The number of hydrogen-bond donors (Lipinski definition) is 2. The molecule has 6 nitrogen and oxygen atoms in total. The molecule has 0 spiro atoms. The van der Waals surface area contributed by atoms with Crippen molar-refractivity contribution in [1.82, 2.24) is 15.2 Å². The van der Waals surface area contributed by atoms with Gasteiger partial charge in [0.1, 0.15) is 24.9 Å². The lowest BCUT2D eigenvalue weighted by Crippen LogP contribution is -3.15. The van der Waals surface area contributed by atoms with Gasteiger partial charge in [0, 0.05) is 17.2 Å². The number of quaternary nitrogens is 1. The summed E-state index contributed by atoms with van der Waals surface area (Å²) in [4.78, 5) is 6.22. The number of thioether (sulfide) groups is 1. The van der Waals surface area contributed by atoms with E-state index in [1.54, 1.807) is 23.8 Å². The van der Waals surface area contributed by atoms with Crippen molar-refractivity contribution in [2.45, 2.75) is 25.1 Å². The minimum absolute atomic E-state index is 0.274. The molecule has 1 aliphatic heterocycles. The van der Waals surface area contributed by atoms with E-state index >= 15 is 0 Å². The molecule has 0 amide bonds. The monoisotopic (exact) mass is 363 g/mol. The van der Waals surface area contributed by atoms with Crippen LogP contribution in [0.1, 0.15) is 13.8 Å². The Kier molecular flexibility index (Phi) is 6.34. The second-order valence-electron chi connectivity index (χ2n) is 6.80. The van der Waals surface area contributed by atoms with E-state index in [9.17, 15) is 0 Å². The van der Waals surface area contributed by atoms with Crippen LogP contribution in [-0.4, -0.2) is 60.4 Å². The van der Waals surface area contributed by atoms with E-state index in [1.807, 2.05) is 24.3 Å². The quantitative estimate of drug-likeness (QED) is 0.730. The SMILES string of the molecule is COc1ccc(-c2nc(SC[C@H]3C[NH+](CC(C)C)CCO3)n[nH]2)cc1. The zero-order valence-electron chi connectivity index (χ0n) is 15.1. The Morgan fingerprint density at radius 3 is 2.88 bits per heavy atom. The molecule has 0 saturated carbocycles. The second-order valence-corrected chi connectivity index (χ2v) is 7.79. The number of aromatic amines is 1. The first-order valence-corrected chi connectivity index (χ1v) is 9.77. The van der Waals surface area contributed by atoms with Crippen molar-refractivity contribution in [3.63, 3.8) is 0 Å². The summed E-state index contributed by atoms with van der Waals surface area (Å²) >= 11 is 1.65. The number of morpholine rings is 1. The molecule has 1 aromatic heterocycles. The van der Waals surface area contributed by atoms with Crippen LogP contribution in [0.5, 0.6) is 5.75 Å². The second kappa shape index (κ2) is 8.69. The van der Waals surface area contributed by atoms with Crippen LogP contribution in [0.2, 0.25) is 0 Å². The van der Waals surface area contributed by atoms with Crippen molar-refractivity contribution in [2.24, 2.45) is 5.92 Å². The summed E-state index contributed by atoms with van der Waals surface area (Å²) in [6.07, 6.45) is 0.274. The molecule has 3 rings (SSSR count). The van der Waals surface area contributed by atoms with Gasteiger partial charge in [0.15, 0.2) is 5.82 Å². The van der Waals surface area contributed by atoms with Crippen LogP contribution in [-0.2, 0) is 4.74 Å². The number of hydrogen-bond acceptors (Lipinski definition) is 5. The summed E-state index contributed by atoms with van der Waals surface area (Å²) in [5.74, 6) is 3.23.